The van der Waals surface area contributed by atoms with Gasteiger partial charge in [-0.2, -0.15) is 4.31 Å². The van der Waals surface area contributed by atoms with Crippen molar-refractivity contribution in [1.29, 1.82) is 0 Å². The number of benzene rings is 3. The summed E-state index contributed by atoms with van der Waals surface area (Å²) in [5, 5.41) is 0. The number of fused-ring (bicyclic) bond motifs is 1. The number of hydrogen-bond acceptors (Lipinski definition) is 6. The fourth-order valence-electron chi connectivity index (χ4n) is 5.35. The third kappa shape index (κ3) is 5.64. The minimum atomic E-state index is -3.60. The SMILES string of the molecule is COc1cc2c(cc1OC)C(COc1ccc(F)cc1)N(C(=O)c1ccc(S(=O)(=O)N3CCCCC3)cc1)CC2. The molecule has 1 unspecified atom stereocenters. The quantitative estimate of drug-likeness (QED) is 0.387. The summed E-state index contributed by atoms with van der Waals surface area (Å²) < 4.78 is 58.1. The van der Waals surface area contributed by atoms with Crippen LogP contribution in [0.2, 0.25) is 0 Å². The number of carbonyl (C=O) groups is 1. The van der Waals surface area contributed by atoms with Gasteiger partial charge in [-0.15, -0.1) is 0 Å². The molecule has 0 saturated carbocycles. The van der Waals surface area contributed by atoms with Gasteiger partial charge in [0.25, 0.3) is 5.91 Å². The van der Waals surface area contributed by atoms with E-state index in [2.05, 4.69) is 0 Å². The summed E-state index contributed by atoms with van der Waals surface area (Å²) in [6, 6.07) is 15.2. The molecule has 0 aliphatic carbocycles. The first-order valence-corrected chi connectivity index (χ1v) is 14.8. The number of methoxy groups -OCH3 is 2. The summed E-state index contributed by atoms with van der Waals surface area (Å²) in [6.45, 7) is 1.58. The molecule has 2 aliphatic heterocycles. The lowest BCUT2D eigenvalue weighted by Crippen LogP contribution is -2.42. The second kappa shape index (κ2) is 11.9. The average molecular weight is 569 g/mol. The van der Waals surface area contributed by atoms with E-state index in [4.69, 9.17) is 14.2 Å². The summed E-state index contributed by atoms with van der Waals surface area (Å²) in [5.74, 6) is 1.01. The van der Waals surface area contributed by atoms with Crippen molar-refractivity contribution in [3.05, 3.63) is 83.2 Å². The minimum absolute atomic E-state index is 0.126. The van der Waals surface area contributed by atoms with Crippen LogP contribution in [0.5, 0.6) is 17.2 Å². The maximum absolute atomic E-state index is 13.8. The topological polar surface area (TPSA) is 85.4 Å². The summed E-state index contributed by atoms with van der Waals surface area (Å²) in [6.07, 6.45) is 3.33. The Labute approximate surface area is 234 Å². The lowest BCUT2D eigenvalue weighted by atomic mass is 9.91. The highest BCUT2D eigenvalue weighted by molar-refractivity contribution is 7.89. The highest BCUT2D eigenvalue weighted by Crippen LogP contribution is 2.39. The van der Waals surface area contributed by atoms with E-state index >= 15 is 0 Å². The van der Waals surface area contributed by atoms with Gasteiger partial charge < -0.3 is 19.1 Å². The summed E-state index contributed by atoms with van der Waals surface area (Å²) >= 11 is 0. The molecule has 0 bridgehead atoms. The number of rotatable bonds is 8. The van der Waals surface area contributed by atoms with Crippen molar-refractivity contribution in [1.82, 2.24) is 9.21 Å². The zero-order valence-corrected chi connectivity index (χ0v) is 23.5. The van der Waals surface area contributed by atoms with E-state index in [-0.39, 0.29) is 23.2 Å². The van der Waals surface area contributed by atoms with Gasteiger partial charge in [0.15, 0.2) is 11.5 Å². The van der Waals surface area contributed by atoms with E-state index in [1.54, 1.807) is 43.4 Å². The smallest absolute Gasteiger partial charge is 0.254 e. The number of sulfonamides is 1. The molecular weight excluding hydrogens is 535 g/mol. The van der Waals surface area contributed by atoms with Crippen LogP contribution in [-0.2, 0) is 16.4 Å². The van der Waals surface area contributed by atoms with Crippen LogP contribution in [0.4, 0.5) is 4.39 Å². The molecule has 3 aromatic carbocycles. The Morgan fingerprint density at radius 1 is 0.900 bits per heavy atom. The standard InChI is InChI=1S/C30H33FN2O6S/c1-37-28-18-22-14-17-33(27(26(22)19-29(28)38-2)20-39-24-10-8-23(31)9-11-24)30(34)21-6-12-25(13-7-21)40(35,36)32-15-4-3-5-16-32/h6-13,18-19,27H,3-5,14-17,20H2,1-2H3. The van der Waals surface area contributed by atoms with Gasteiger partial charge in [-0.05, 0) is 91.1 Å². The number of halogens is 1. The number of nitrogens with zero attached hydrogens (tertiary/aromatic N) is 2. The summed E-state index contributed by atoms with van der Waals surface area (Å²) in [7, 11) is -0.469. The highest BCUT2D eigenvalue weighted by atomic mass is 32.2. The van der Waals surface area contributed by atoms with Crippen LogP contribution >= 0.6 is 0 Å². The molecule has 2 aliphatic rings. The fraction of sp³-hybridized carbons (Fsp3) is 0.367. The molecule has 0 spiro atoms. The second-order valence-corrected chi connectivity index (χ2v) is 11.9. The molecule has 3 aromatic rings. The zero-order valence-electron chi connectivity index (χ0n) is 22.6. The van der Waals surface area contributed by atoms with Crippen LogP contribution in [0, 0.1) is 5.82 Å². The van der Waals surface area contributed by atoms with Crippen molar-refractivity contribution in [3.63, 3.8) is 0 Å². The Hall–Kier alpha value is -3.63. The number of hydrogen-bond donors (Lipinski definition) is 0. The molecule has 0 N–H and O–H groups in total. The van der Waals surface area contributed by atoms with Crippen LogP contribution in [0.15, 0.2) is 65.6 Å². The van der Waals surface area contributed by atoms with Crippen molar-refractivity contribution in [3.8, 4) is 17.2 Å². The molecular formula is C30H33FN2O6S. The second-order valence-electron chi connectivity index (χ2n) is 9.92. The first kappa shape index (κ1) is 27.9. The third-order valence-electron chi connectivity index (χ3n) is 7.54. The molecule has 1 fully saturated rings. The van der Waals surface area contributed by atoms with E-state index in [0.29, 0.717) is 48.9 Å². The van der Waals surface area contributed by atoms with Crippen molar-refractivity contribution >= 4 is 15.9 Å². The number of carbonyl (C=O) groups excluding carboxylic acids is 1. The summed E-state index contributed by atoms with van der Waals surface area (Å²) in [5.41, 5.74) is 2.26. The van der Waals surface area contributed by atoms with E-state index in [1.807, 2.05) is 12.1 Å². The van der Waals surface area contributed by atoms with Crippen LogP contribution < -0.4 is 14.2 Å². The number of ether oxygens (including phenoxy) is 3. The van der Waals surface area contributed by atoms with Gasteiger partial charge in [0.05, 0.1) is 25.2 Å². The van der Waals surface area contributed by atoms with Gasteiger partial charge in [-0.25, -0.2) is 12.8 Å². The van der Waals surface area contributed by atoms with Crippen molar-refractivity contribution in [2.45, 2.75) is 36.6 Å². The maximum atomic E-state index is 13.8. The molecule has 10 heteroatoms. The first-order chi connectivity index (χ1) is 19.3. The van der Waals surface area contributed by atoms with Crippen molar-refractivity contribution in [2.24, 2.45) is 0 Å². The maximum Gasteiger partial charge on any atom is 0.254 e. The van der Waals surface area contributed by atoms with Crippen LogP contribution in [0.1, 0.15) is 46.8 Å². The molecule has 1 atom stereocenters. The number of piperidine rings is 1. The molecule has 40 heavy (non-hydrogen) atoms. The Bertz CT molecular complexity index is 1450. The largest absolute Gasteiger partial charge is 0.493 e. The van der Waals surface area contributed by atoms with Gasteiger partial charge in [0.2, 0.25) is 10.0 Å². The fourth-order valence-corrected chi connectivity index (χ4v) is 6.86. The van der Waals surface area contributed by atoms with Crippen LogP contribution in [0.3, 0.4) is 0 Å². The molecule has 0 radical (unpaired) electrons. The molecule has 8 nitrogen and oxygen atoms in total. The van der Waals surface area contributed by atoms with Gasteiger partial charge in [0, 0.05) is 25.2 Å². The van der Waals surface area contributed by atoms with Gasteiger partial charge in [-0.3, -0.25) is 4.79 Å². The zero-order chi connectivity index (χ0) is 28.3. The Balaban J connectivity index is 1.43. The molecule has 212 valence electrons. The van der Waals surface area contributed by atoms with E-state index in [0.717, 1.165) is 30.4 Å². The molecule has 0 aromatic heterocycles. The summed E-state index contributed by atoms with van der Waals surface area (Å²) in [4.78, 5) is 15.7. The van der Waals surface area contributed by atoms with Gasteiger partial charge in [-0.1, -0.05) is 6.42 Å². The first-order valence-electron chi connectivity index (χ1n) is 13.4. The van der Waals surface area contributed by atoms with Crippen molar-refractivity contribution < 1.29 is 31.8 Å². The number of amides is 1. The predicted octanol–water partition coefficient (Wildman–Crippen LogP) is 4.84. The predicted molar refractivity (Wildman–Crippen MR) is 148 cm³/mol. The Morgan fingerprint density at radius 3 is 2.20 bits per heavy atom. The molecule has 2 heterocycles. The third-order valence-corrected chi connectivity index (χ3v) is 9.45. The normalized spacial score (nSPS) is 17.7. The van der Waals surface area contributed by atoms with Crippen LogP contribution in [-0.4, -0.2) is 64.0 Å². The van der Waals surface area contributed by atoms with E-state index < -0.39 is 16.1 Å². The van der Waals surface area contributed by atoms with Gasteiger partial charge in [0.1, 0.15) is 18.2 Å². The molecule has 1 amide bonds. The molecule has 5 rings (SSSR count). The minimum Gasteiger partial charge on any atom is -0.493 e. The van der Waals surface area contributed by atoms with E-state index in [9.17, 15) is 17.6 Å². The Morgan fingerprint density at radius 2 is 1.55 bits per heavy atom. The Kier molecular flexibility index (Phi) is 8.27. The molecule has 1 saturated heterocycles. The highest BCUT2D eigenvalue weighted by Gasteiger charge is 2.34. The van der Waals surface area contributed by atoms with Crippen LogP contribution in [0.25, 0.3) is 0 Å². The van der Waals surface area contributed by atoms with Gasteiger partial charge >= 0.3 is 0 Å². The lowest BCUT2D eigenvalue weighted by Gasteiger charge is -2.37. The lowest BCUT2D eigenvalue weighted by molar-refractivity contribution is 0.0589. The monoisotopic (exact) mass is 568 g/mol. The average Bonchev–Trinajstić information content (AvgIpc) is 3.00. The van der Waals surface area contributed by atoms with E-state index in [1.165, 1.54) is 28.6 Å². The van der Waals surface area contributed by atoms with Crippen molar-refractivity contribution in [2.75, 3.05) is 40.5 Å².